The molecular weight excluding hydrogens is 386 g/mol. The molecule has 0 saturated carbocycles. The van der Waals surface area contributed by atoms with E-state index in [0.717, 1.165) is 35.2 Å². The van der Waals surface area contributed by atoms with Gasteiger partial charge in [-0.25, -0.2) is 5.43 Å². The average molecular weight is 412 g/mol. The van der Waals surface area contributed by atoms with Crippen molar-refractivity contribution in [3.8, 4) is 5.75 Å². The SMILES string of the molecule is CCCOc1ccc(C(=O)N/N=C\c2cn(Cc3ccccc3)c3ccccc23)cc1. The number of rotatable bonds is 8. The zero-order valence-electron chi connectivity index (χ0n) is 17.5. The van der Waals surface area contributed by atoms with Gasteiger partial charge < -0.3 is 9.30 Å². The van der Waals surface area contributed by atoms with Crippen LogP contribution in [-0.4, -0.2) is 23.3 Å². The average Bonchev–Trinajstić information content (AvgIpc) is 3.16. The number of hydrogen-bond acceptors (Lipinski definition) is 3. The van der Waals surface area contributed by atoms with E-state index in [-0.39, 0.29) is 5.91 Å². The lowest BCUT2D eigenvalue weighted by atomic mass is 10.2. The van der Waals surface area contributed by atoms with Crippen LogP contribution in [0.1, 0.15) is 34.8 Å². The third-order valence-corrected chi connectivity index (χ3v) is 4.97. The molecule has 0 unspecified atom stereocenters. The Bertz CT molecular complexity index is 1180. The molecule has 4 rings (SSSR count). The van der Waals surface area contributed by atoms with E-state index in [1.165, 1.54) is 5.56 Å². The summed E-state index contributed by atoms with van der Waals surface area (Å²) in [5.41, 5.74) is 6.46. The van der Waals surface area contributed by atoms with Crippen LogP contribution in [-0.2, 0) is 6.54 Å². The van der Waals surface area contributed by atoms with Gasteiger partial charge in [0, 0.05) is 34.8 Å². The first-order chi connectivity index (χ1) is 15.2. The highest BCUT2D eigenvalue weighted by molar-refractivity contribution is 6.00. The van der Waals surface area contributed by atoms with Crippen LogP contribution in [0.25, 0.3) is 10.9 Å². The van der Waals surface area contributed by atoms with Crippen LogP contribution in [0.5, 0.6) is 5.75 Å². The van der Waals surface area contributed by atoms with E-state index in [9.17, 15) is 4.79 Å². The molecule has 0 fully saturated rings. The van der Waals surface area contributed by atoms with Crippen molar-refractivity contribution in [1.29, 1.82) is 0 Å². The zero-order valence-corrected chi connectivity index (χ0v) is 17.5. The van der Waals surface area contributed by atoms with Gasteiger partial charge in [-0.15, -0.1) is 0 Å². The van der Waals surface area contributed by atoms with Gasteiger partial charge >= 0.3 is 0 Å². The number of aromatic nitrogens is 1. The highest BCUT2D eigenvalue weighted by Gasteiger charge is 2.08. The summed E-state index contributed by atoms with van der Waals surface area (Å²) in [6.07, 6.45) is 4.70. The number of nitrogens with one attached hydrogen (secondary N) is 1. The van der Waals surface area contributed by atoms with Crippen molar-refractivity contribution in [1.82, 2.24) is 9.99 Å². The molecular formula is C26H25N3O2. The molecule has 1 N–H and O–H groups in total. The smallest absolute Gasteiger partial charge is 0.271 e. The van der Waals surface area contributed by atoms with Gasteiger partial charge in [-0.1, -0.05) is 55.5 Å². The molecule has 5 heteroatoms. The molecule has 156 valence electrons. The van der Waals surface area contributed by atoms with E-state index in [2.05, 4.69) is 52.5 Å². The van der Waals surface area contributed by atoms with E-state index in [1.807, 2.05) is 30.3 Å². The minimum absolute atomic E-state index is 0.258. The first-order valence-electron chi connectivity index (χ1n) is 10.4. The molecule has 0 aliphatic heterocycles. The Balaban J connectivity index is 1.47. The Kier molecular flexibility index (Phi) is 6.43. The summed E-state index contributed by atoms with van der Waals surface area (Å²) >= 11 is 0. The van der Waals surface area contributed by atoms with Gasteiger partial charge in [-0.3, -0.25) is 4.79 Å². The van der Waals surface area contributed by atoms with E-state index in [0.29, 0.717) is 12.2 Å². The molecule has 31 heavy (non-hydrogen) atoms. The summed E-state index contributed by atoms with van der Waals surface area (Å²) < 4.78 is 7.75. The number of benzene rings is 3. The van der Waals surface area contributed by atoms with Crippen LogP contribution < -0.4 is 10.2 Å². The minimum Gasteiger partial charge on any atom is -0.494 e. The summed E-state index contributed by atoms with van der Waals surface area (Å²) in [5, 5.41) is 5.28. The van der Waals surface area contributed by atoms with Crippen LogP contribution in [0.3, 0.4) is 0 Å². The Hall–Kier alpha value is -3.86. The normalized spacial score (nSPS) is 11.1. The second-order valence-electron chi connectivity index (χ2n) is 7.29. The molecule has 4 aromatic rings. The van der Waals surface area contributed by atoms with Crippen molar-refractivity contribution in [3.63, 3.8) is 0 Å². The lowest BCUT2D eigenvalue weighted by Gasteiger charge is -2.05. The molecule has 0 radical (unpaired) electrons. The van der Waals surface area contributed by atoms with E-state index >= 15 is 0 Å². The summed E-state index contributed by atoms with van der Waals surface area (Å²) in [6.45, 7) is 3.49. The number of hydrazone groups is 1. The Labute approximate surface area is 182 Å². The third kappa shape index (κ3) is 5.01. The maximum absolute atomic E-state index is 12.4. The predicted octanol–water partition coefficient (Wildman–Crippen LogP) is 5.24. The Morgan fingerprint density at radius 3 is 2.52 bits per heavy atom. The first-order valence-corrected chi connectivity index (χ1v) is 10.4. The molecule has 3 aromatic carbocycles. The van der Waals surface area contributed by atoms with E-state index in [1.54, 1.807) is 30.5 Å². The Morgan fingerprint density at radius 1 is 1.00 bits per heavy atom. The fraction of sp³-hybridized carbons (Fsp3) is 0.154. The number of hydrogen-bond donors (Lipinski definition) is 1. The van der Waals surface area contributed by atoms with Gasteiger partial charge in [0.2, 0.25) is 0 Å². The molecule has 5 nitrogen and oxygen atoms in total. The summed E-state index contributed by atoms with van der Waals surface area (Å²) in [6, 6.07) is 25.6. The van der Waals surface area contributed by atoms with E-state index < -0.39 is 0 Å². The number of fused-ring (bicyclic) bond motifs is 1. The lowest BCUT2D eigenvalue weighted by molar-refractivity contribution is 0.0955. The van der Waals surface area contributed by atoms with Crippen LogP contribution in [0.2, 0.25) is 0 Å². The van der Waals surface area contributed by atoms with Gasteiger partial charge in [0.25, 0.3) is 5.91 Å². The second kappa shape index (κ2) is 9.76. The number of nitrogens with zero attached hydrogens (tertiary/aromatic N) is 2. The molecule has 1 amide bonds. The quantitative estimate of drug-likeness (QED) is 0.318. The second-order valence-corrected chi connectivity index (χ2v) is 7.29. The molecule has 0 bridgehead atoms. The molecule has 1 aromatic heterocycles. The number of para-hydroxylation sites is 1. The first kappa shape index (κ1) is 20.4. The molecule has 0 saturated heterocycles. The third-order valence-electron chi connectivity index (χ3n) is 4.97. The number of ether oxygens (including phenoxy) is 1. The monoisotopic (exact) mass is 411 g/mol. The van der Waals surface area contributed by atoms with Crippen molar-refractivity contribution in [2.45, 2.75) is 19.9 Å². The minimum atomic E-state index is -0.258. The zero-order chi connectivity index (χ0) is 21.5. The molecule has 1 heterocycles. The van der Waals surface area contributed by atoms with Gasteiger partial charge in [-0.05, 0) is 42.3 Å². The molecule has 0 aliphatic carbocycles. The maximum atomic E-state index is 12.4. The topological polar surface area (TPSA) is 55.6 Å². The van der Waals surface area contributed by atoms with Crippen molar-refractivity contribution < 1.29 is 9.53 Å². The summed E-state index contributed by atoms with van der Waals surface area (Å²) in [5.74, 6) is 0.499. The fourth-order valence-electron chi connectivity index (χ4n) is 3.44. The fourth-order valence-corrected chi connectivity index (χ4v) is 3.44. The number of carbonyl (C=O) groups excluding carboxylic acids is 1. The lowest BCUT2D eigenvalue weighted by Crippen LogP contribution is -2.17. The molecule has 0 spiro atoms. The van der Waals surface area contributed by atoms with Crippen molar-refractivity contribution >= 4 is 23.0 Å². The highest BCUT2D eigenvalue weighted by Crippen LogP contribution is 2.21. The summed E-state index contributed by atoms with van der Waals surface area (Å²) in [7, 11) is 0. The number of amides is 1. The van der Waals surface area contributed by atoms with Crippen LogP contribution >= 0.6 is 0 Å². The van der Waals surface area contributed by atoms with Crippen LogP contribution in [0.4, 0.5) is 0 Å². The maximum Gasteiger partial charge on any atom is 0.271 e. The van der Waals surface area contributed by atoms with Gasteiger partial charge in [0.1, 0.15) is 5.75 Å². The summed E-state index contributed by atoms with van der Waals surface area (Å²) in [4.78, 5) is 12.4. The van der Waals surface area contributed by atoms with Crippen molar-refractivity contribution in [3.05, 3.63) is 102 Å². The number of carbonyl (C=O) groups is 1. The van der Waals surface area contributed by atoms with E-state index in [4.69, 9.17) is 4.74 Å². The van der Waals surface area contributed by atoms with Gasteiger partial charge in [0.05, 0.1) is 12.8 Å². The largest absolute Gasteiger partial charge is 0.494 e. The van der Waals surface area contributed by atoms with Gasteiger partial charge in [0.15, 0.2) is 0 Å². The molecule has 0 atom stereocenters. The van der Waals surface area contributed by atoms with Crippen LogP contribution in [0, 0.1) is 0 Å². The van der Waals surface area contributed by atoms with Crippen molar-refractivity contribution in [2.75, 3.05) is 6.61 Å². The molecule has 0 aliphatic rings. The van der Waals surface area contributed by atoms with Crippen molar-refractivity contribution in [2.24, 2.45) is 5.10 Å². The van der Waals surface area contributed by atoms with Crippen LogP contribution in [0.15, 0.2) is 90.2 Å². The standard InChI is InChI=1S/C26H25N3O2/c1-2-16-31-23-14-12-21(13-15-23)26(30)28-27-17-22-19-29(18-20-8-4-3-5-9-20)25-11-7-6-10-24(22)25/h3-15,17,19H,2,16,18H2,1H3,(H,28,30)/b27-17-. The Morgan fingerprint density at radius 2 is 1.74 bits per heavy atom. The van der Waals surface area contributed by atoms with Gasteiger partial charge in [-0.2, -0.15) is 5.10 Å². The highest BCUT2D eigenvalue weighted by atomic mass is 16.5. The predicted molar refractivity (Wildman–Crippen MR) is 125 cm³/mol.